The van der Waals surface area contributed by atoms with Gasteiger partial charge in [-0.15, -0.1) is 11.3 Å². The summed E-state index contributed by atoms with van der Waals surface area (Å²) in [5.41, 5.74) is 1.15. The first-order valence-electron chi connectivity index (χ1n) is 7.35. The molecule has 1 aromatic heterocycles. The fourth-order valence-electron chi connectivity index (χ4n) is 2.08. The van der Waals surface area contributed by atoms with E-state index in [4.69, 9.17) is 5.14 Å². The van der Waals surface area contributed by atoms with Crippen molar-refractivity contribution >= 4 is 32.5 Å². The quantitative estimate of drug-likeness (QED) is 0.704. The smallest absolute Gasteiger partial charge is 0.321 e. The fourth-order valence-corrected chi connectivity index (χ4v) is 3.34. The van der Waals surface area contributed by atoms with E-state index < -0.39 is 21.5 Å². The molecule has 10 heteroatoms. The van der Waals surface area contributed by atoms with Gasteiger partial charge in [0.05, 0.1) is 11.4 Å². The second-order valence-corrected chi connectivity index (χ2v) is 8.51. The van der Waals surface area contributed by atoms with Crippen LogP contribution in [0.25, 0.3) is 0 Å². The zero-order chi connectivity index (χ0) is 18.7. The SMILES string of the molecule is CC(C)(c1ccc(F)cc1)c1csc(NC(=O)NCCS(N)(=O)=O)n1. The number of nitrogens with zero attached hydrogens (tertiary/aromatic N) is 1. The van der Waals surface area contributed by atoms with Gasteiger partial charge in [0.25, 0.3) is 0 Å². The van der Waals surface area contributed by atoms with Crippen LogP contribution in [0.4, 0.5) is 14.3 Å². The summed E-state index contributed by atoms with van der Waals surface area (Å²) in [6.07, 6.45) is 0. The van der Waals surface area contributed by atoms with Crippen molar-refractivity contribution in [3.8, 4) is 0 Å². The molecule has 0 spiro atoms. The number of urea groups is 1. The average molecular weight is 386 g/mol. The molecule has 0 saturated heterocycles. The number of nitrogens with two attached hydrogens (primary N) is 1. The maximum atomic E-state index is 13.1. The van der Waals surface area contributed by atoms with Crippen molar-refractivity contribution in [2.45, 2.75) is 19.3 Å². The molecule has 0 saturated carbocycles. The van der Waals surface area contributed by atoms with Gasteiger partial charge in [-0.25, -0.2) is 27.7 Å². The highest BCUT2D eigenvalue weighted by Gasteiger charge is 2.26. The highest BCUT2D eigenvalue weighted by molar-refractivity contribution is 7.89. The Hall–Kier alpha value is -2.04. The average Bonchev–Trinajstić information content (AvgIpc) is 2.95. The van der Waals surface area contributed by atoms with Crippen LogP contribution in [0.3, 0.4) is 0 Å². The Balaban J connectivity index is 2.01. The summed E-state index contributed by atoms with van der Waals surface area (Å²) in [7, 11) is -3.62. The minimum absolute atomic E-state index is 0.0933. The van der Waals surface area contributed by atoms with Gasteiger partial charge in [0.15, 0.2) is 5.13 Å². The lowest BCUT2D eigenvalue weighted by Gasteiger charge is -2.23. The highest BCUT2D eigenvalue weighted by atomic mass is 32.2. The molecule has 0 aliphatic heterocycles. The molecule has 1 aromatic carbocycles. The van der Waals surface area contributed by atoms with Crippen LogP contribution in [-0.2, 0) is 15.4 Å². The maximum absolute atomic E-state index is 13.1. The fraction of sp³-hybridized carbons (Fsp3) is 0.333. The van der Waals surface area contributed by atoms with Gasteiger partial charge in [0.2, 0.25) is 10.0 Å². The Bertz CT molecular complexity index is 848. The molecular weight excluding hydrogens is 367 g/mol. The molecule has 0 unspecified atom stereocenters. The molecule has 0 aliphatic carbocycles. The molecule has 2 amide bonds. The summed E-state index contributed by atoms with van der Waals surface area (Å²) in [5, 5.41) is 12.0. The van der Waals surface area contributed by atoms with E-state index in [1.165, 1.54) is 23.5 Å². The van der Waals surface area contributed by atoms with E-state index in [1.54, 1.807) is 12.1 Å². The number of carbonyl (C=O) groups excluding carboxylic acids is 1. The second-order valence-electron chi connectivity index (χ2n) is 5.92. The van der Waals surface area contributed by atoms with Crippen LogP contribution in [0, 0.1) is 5.82 Å². The predicted octanol–water partition coefficient (Wildman–Crippen LogP) is 2.02. The number of amides is 2. The van der Waals surface area contributed by atoms with Crippen molar-refractivity contribution in [3.05, 3.63) is 46.7 Å². The van der Waals surface area contributed by atoms with Crippen LogP contribution in [0.5, 0.6) is 0 Å². The molecule has 0 radical (unpaired) electrons. The lowest BCUT2D eigenvalue weighted by Crippen LogP contribution is -2.34. The van der Waals surface area contributed by atoms with Gasteiger partial charge in [-0.1, -0.05) is 26.0 Å². The van der Waals surface area contributed by atoms with Crippen LogP contribution >= 0.6 is 11.3 Å². The number of anilines is 1. The lowest BCUT2D eigenvalue weighted by atomic mass is 9.82. The summed E-state index contributed by atoms with van der Waals surface area (Å²) in [4.78, 5) is 16.1. The molecule has 0 aliphatic rings. The highest BCUT2D eigenvalue weighted by Crippen LogP contribution is 2.33. The normalized spacial score (nSPS) is 12.0. The van der Waals surface area contributed by atoms with E-state index in [0.29, 0.717) is 5.13 Å². The van der Waals surface area contributed by atoms with E-state index in [1.807, 2.05) is 19.2 Å². The monoisotopic (exact) mass is 386 g/mol. The van der Waals surface area contributed by atoms with Crippen molar-refractivity contribution < 1.29 is 17.6 Å². The number of hydrogen-bond donors (Lipinski definition) is 3. The van der Waals surface area contributed by atoms with Crippen LogP contribution in [0.1, 0.15) is 25.1 Å². The Morgan fingerprint density at radius 1 is 1.32 bits per heavy atom. The third kappa shape index (κ3) is 5.48. The maximum Gasteiger partial charge on any atom is 0.321 e. The third-order valence-electron chi connectivity index (χ3n) is 3.60. The molecule has 1 heterocycles. The zero-order valence-electron chi connectivity index (χ0n) is 13.7. The van der Waals surface area contributed by atoms with Crippen LogP contribution in [-0.4, -0.2) is 31.7 Å². The number of primary sulfonamides is 1. The molecule has 0 atom stereocenters. The largest absolute Gasteiger partial charge is 0.337 e. The molecule has 136 valence electrons. The number of rotatable bonds is 6. The second kappa shape index (κ2) is 7.46. The van der Waals surface area contributed by atoms with Gasteiger partial charge in [-0.2, -0.15) is 0 Å². The summed E-state index contributed by atoms with van der Waals surface area (Å²) in [5.74, 6) is -0.655. The number of halogens is 1. The van der Waals surface area contributed by atoms with Crippen LogP contribution < -0.4 is 15.8 Å². The van der Waals surface area contributed by atoms with Gasteiger partial charge in [0.1, 0.15) is 5.82 Å². The Kier molecular flexibility index (Phi) is 5.76. The van der Waals surface area contributed by atoms with Crippen molar-refractivity contribution in [3.63, 3.8) is 0 Å². The Labute approximate surface area is 149 Å². The molecule has 4 N–H and O–H groups in total. The number of benzene rings is 1. The number of nitrogens with one attached hydrogen (secondary N) is 2. The topological polar surface area (TPSA) is 114 Å². The van der Waals surface area contributed by atoms with Gasteiger partial charge >= 0.3 is 6.03 Å². The molecule has 7 nitrogen and oxygen atoms in total. The van der Waals surface area contributed by atoms with E-state index >= 15 is 0 Å². The lowest BCUT2D eigenvalue weighted by molar-refractivity contribution is 0.252. The van der Waals surface area contributed by atoms with E-state index in [-0.39, 0.29) is 18.1 Å². The standard InChI is InChI=1S/C15H19FN4O3S2/c1-15(2,10-3-5-11(16)6-4-10)12-9-24-14(19-12)20-13(21)18-7-8-25(17,22)23/h3-6,9H,7-8H2,1-2H3,(H2,17,22,23)(H2,18,19,20,21). The minimum atomic E-state index is -3.62. The summed E-state index contributed by atoms with van der Waals surface area (Å²) < 4.78 is 34.7. The van der Waals surface area contributed by atoms with E-state index in [2.05, 4.69) is 15.6 Å². The molecule has 0 fully saturated rings. The van der Waals surface area contributed by atoms with Gasteiger partial charge in [-0.3, -0.25) is 5.32 Å². The van der Waals surface area contributed by atoms with E-state index in [0.717, 1.165) is 11.3 Å². The number of aromatic nitrogens is 1. The predicted molar refractivity (Wildman–Crippen MR) is 95.6 cm³/mol. The first-order valence-corrected chi connectivity index (χ1v) is 9.95. The zero-order valence-corrected chi connectivity index (χ0v) is 15.4. The summed E-state index contributed by atoms with van der Waals surface area (Å²) in [6, 6.07) is 5.61. The van der Waals surface area contributed by atoms with Crippen molar-refractivity contribution in [1.82, 2.24) is 10.3 Å². The van der Waals surface area contributed by atoms with Crippen LogP contribution in [0.15, 0.2) is 29.6 Å². The van der Waals surface area contributed by atoms with Crippen molar-refractivity contribution in [2.24, 2.45) is 5.14 Å². The Morgan fingerprint density at radius 3 is 2.56 bits per heavy atom. The van der Waals surface area contributed by atoms with E-state index in [9.17, 15) is 17.6 Å². The summed E-state index contributed by atoms with van der Waals surface area (Å²) in [6.45, 7) is 3.81. The molecule has 2 rings (SSSR count). The minimum Gasteiger partial charge on any atom is -0.337 e. The third-order valence-corrected chi connectivity index (χ3v) is 5.13. The van der Waals surface area contributed by atoms with Gasteiger partial charge in [0, 0.05) is 17.3 Å². The molecule has 2 aromatic rings. The number of hydrogen-bond acceptors (Lipinski definition) is 5. The van der Waals surface area contributed by atoms with Crippen molar-refractivity contribution in [2.75, 3.05) is 17.6 Å². The first kappa shape index (κ1) is 19.3. The number of sulfonamides is 1. The van der Waals surface area contributed by atoms with Crippen molar-refractivity contribution in [1.29, 1.82) is 0 Å². The summed E-state index contributed by atoms with van der Waals surface area (Å²) >= 11 is 1.24. The van der Waals surface area contributed by atoms with Gasteiger partial charge < -0.3 is 5.32 Å². The molecule has 0 bridgehead atoms. The van der Waals surface area contributed by atoms with Gasteiger partial charge in [-0.05, 0) is 17.7 Å². The Morgan fingerprint density at radius 2 is 1.96 bits per heavy atom. The number of carbonyl (C=O) groups is 1. The van der Waals surface area contributed by atoms with Crippen LogP contribution in [0.2, 0.25) is 0 Å². The molecular formula is C15H19FN4O3S2. The first-order chi connectivity index (χ1) is 11.6. The molecule has 25 heavy (non-hydrogen) atoms. The number of thiazole rings is 1.